The van der Waals surface area contributed by atoms with E-state index < -0.39 is 0 Å². The molecule has 0 saturated carbocycles. The van der Waals surface area contributed by atoms with Crippen LogP contribution >= 0.6 is 11.8 Å². The number of nitriles is 1. The van der Waals surface area contributed by atoms with Crippen molar-refractivity contribution in [3.8, 4) is 6.07 Å². The fourth-order valence-electron chi connectivity index (χ4n) is 3.27. The first kappa shape index (κ1) is 19.5. The Labute approximate surface area is 165 Å². The molecule has 140 valence electrons. The Hall–Kier alpha value is -2.29. The summed E-state index contributed by atoms with van der Waals surface area (Å²) in [6.45, 7) is 7.01. The van der Waals surface area contributed by atoms with E-state index in [2.05, 4.69) is 43.0 Å². The minimum Gasteiger partial charge on any atom is -0.339 e. The normalized spacial score (nSPS) is 16.0. The maximum Gasteiger partial charge on any atom is 0.233 e. The topological polar surface area (TPSA) is 47.3 Å². The van der Waals surface area contributed by atoms with Crippen molar-refractivity contribution in [3.63, 3.8) is 0 Å². The third-order valence-electron chi connectivity index (χ3n) is 5.11. The molecule has 1 aliphatic heterocycles. The van der Waals surface area contributed by atoms with Crippen molar-refractivity contribution in [2.45, 2.75) is 24.8 Å². The summed E-state index contributed by atoms with van der Waals surface area (Å²) in [7, 11) is 0. The second-order valence-electron chi connectivity index (χ2n) is 6.89. The molecule has 3 rings (SSSR count). The highest BCUT2D eigenvalue weighted by Crippen LogP contribution is 2.23. The van der Waals surface area contributed by atoms with Crippen LogP contribution in [0.15, 0.2) is 53.4 Å². The second-order valence-corrected chi connectivity index (χ2v) is 7.94. The van der Waals surface area contributed by atoms with Crippen LogP contribution in [0, 0.1) is 25.2 Å². The van der Waals surface area contributed by atoms with Crippen LogP contribution in [-0.2, 0) is 4.79 Å². The van der Waals surface area contributed by atoms with Crippen LogP contribution in [0.4, 0.5) is 0 Å². The first-order valence-corrected chi connectivity index (χ1v) is 10.2. The molecule has 1 saturated heterocycles. The molecule has 1 atom stereocenters. The monoisotopic (exact) mass is 379 g/mol. The van der Waals surface area contributed by atoms with Gasteiger partial charge < -0.3 is 4.90 Å². The maximum absolute atomic E-state index is 12.6. The number of nitrogens with zero attached hydrogens (tertiary/aromatic N) is 3. The van der Waals surface area contributed by atoms with Gasteiger partial charge in [-0.25, -0.2) is 0 Å². The van der Waals surface area contributed by atoms with Gasteiger partial charge in [-0.2, -0.15) is 5.26 Å². The second kappa shape index (κ2) is 9.07. The Morgan fingerprint density at radius 2 is 1.78 bits per heavy atom. The average molecular weight is 380 g/mol. The van der Waals surface area contributed by atoms with Crippen LogP contribution in [0.3, 0.4) is 0 Å². The Morgan fingerprint density at radius 3 is 2.41 bits per heavy atom. The first-order valence-electron chi connectivity index (χ1n) is 9.25. The highest BCUT2D eigenvalue weighted by atomic mass is 32.2. The number of aryl methyl sites for hydroxylation is 2. The molecule has 0 radical (unpaired) electrons. The van der Waals surface area contributed by atoms with E-state index in [0.717, 1.165) is 23.5 Å². The zero-order valence-electron chi connectivity index (χ0n) is 15.9. The lowest BCUT2D eigenvalue weighted by Gasteiger charge is -2.37. The smallest absolute Gasteiger partial charge is 0.233 e. The van der Waals surface area contributed by atoms with Gasteiger partial charge in [-0.15, -0.1) is 11.8 Å². The van der Waals surface area contributed by atoms with Crippen molar-refractivity contribution >= 4 is 17.7 Å². The lowest BCUT2D eigenvalue weighted by atomic mass is 10.1. The van der Waals surface area contributed by atoms with Gasteiger partial charge in [0.15, 0.2) is 0 Å². The third kappa shape index (κ3) is 4.91. The van der Waals surface area contributed by atoms with Gasteiger partial charge in [0, 0.05) is 31.1 Å². The molecule has 0 aliphatic carbocycles. The molecule has 1 heterocycles. The van der Waals surface area contributed by atoms with Crippen LogP contribution in [0.1, 0.15) is 22.7 Å². The van der Waals surface area contributed by atoms with E-state index in [4.69, 9.17) is 0 Å². The van der Waals surface area contributed by atoms with Crippen molar-refractivity contribution in [3.05, 3.63) is 65.2 Å². The van der Waals surface area contributed by atoms with Gasteiger partial charge in [-0.1, -0.05) is 36.4 Å². The number of carbonyl (C=O) groups is 1. The van der Waals surface area contributed by atoms with Crippen molar-refractivity contribution in [1.29, 1.82) is 5.26 Å². The largest absolute Gasteiger partial charge is 0.339 e. The molecule has 0 bridgehead atoms. The summed E-state index contributed by atoms with van der Waals surface area (Å²) in [6.07, 6.45) is 0. The SMILES string of the molecule is Cc1ccc(SCC(=O)N2CCN([C@H](C#N)c3ccccc3)CC2)cc1C. The van der Waals surface area contributed by atoms with E-state index in [-0.39, 0.29) is 11.9 Å². The summed E-state index contributed by atoms with van der Waals surface area (Å²) in [4.78, 5) is 17.8. The van der Waals surface area contributed by atoms with E-state index in [1.807, 2.05) is 35.2 Å². The molecule has 1 amide bonds. The van der Waals surface area contributed by atoms with Gasteiger partial charge >= 0.3 is 0 Å². The number of amides is 1. The fraction of sp³-hybridized carbons (Fsp3) is 0.364. The standard InChI is InChI=1S/C22H25N3OS/c1-17-8-9-20(14-18(17)2)27-16-22(26)25-12-10-24(11-13-25)21(15-23)19-6-4-3-5-7-19/h3-9,14,21H,10-13,16H2,1-2H3/t21-/m1/s1. The number of hydrogen-bond donors (Lipinski definition) is 0. The zero-order chi connectivity index (χ0) is 19.2. The number of thioether (sulfide) groups is 1. The maximum atomic E-state index is 12.6. The lowest BCUT2D eigenvalue weighted by Crippen LogP contribution is -2.50. The van der Waals surface area contributed by atoms with Crippen molar-refractivity contribution in [1.82, 2.24) is 9.80 Å². The summed E-state index contributed by atoms with van der Waals surface area (Å²) < 4.78 is 0. The summed E-state index contributed by atoms with van der Waals surface area (Å²) in [6, 6.07) is 18.4. The summed E-state index contributed by atoms with van der Waals surface area (Å²) >= 11 is 1.60. The molecule has 0 aromatic heterocycles. The molecule has 1 fully saturated rings. The number of hydrogen-bond acceptors (Lipinski definition) is 4. The van der Waals surface area contributed by atoms with Crippen LogP contribution in [0.5, 0.6) is 0 Å². The van der Waals surface area contributed by atoms with Crippen LogP contribution in [0.25, 0.3) is 0 Å². The molecule has 5 heteroatoms. The number of benzene rings is 2. The highest BCUT2D eigenvalue weighted by Gasteiger charge is 2.26. The summed E-state index contributed by atoms with van der Waals surface area (Å²) in [5.74, 6) is 0.633. The Kier molecular flexibility index (Phi) is 6.54. The van der Waals surface area contributed by atoms with Crippen LogP contribution in [-0.4, -0.2) is 47.6 Å². The fourth-order valence-corrected chi connectivity index (χ4v) is 4.17. The molecule has 2 aromatic carbocycles. The number of carbonyl (C=O) groups excluding carboxylic acids is 1. The van der Waals surface area contributed by atoms with Crippen LogP contribution < -0.4 is 0 Å². The highest BCUT2D eigenvalue weighted by molar-refractivity contribution is 8.00. The van der Waals surface area contributed by atoms with Crippen LogP contribution in [0.2, 0.25) is 0 Å². The molecule has 1 aliphatic rings. The minimum absolute atomic E-state index is 0.172. The van der Waals surface area contributed by atoms with Crippen molar-refractivity contribution < 1.29 is 4.79 Å². The van der Waals surface area contributed by atoms with Gasteiger partial charge in [0.1, 0.15) is 6.04 Å². The van der Waals surface area contributed by atoms with Gasteiger partial charge in [-0.3, -0.25) is 9.69 Å². The predicted molar refractivity (Wildman–Crippen MR) is 110 cm³/mol. The number of rotatable bonds is 5. The summed E-state index contributed by atoms with van der Waals surface area (Å²) in [5, 5.41) is 9.58. The number of piperazine rings is 1. The van der Waals surface area contributed by atoms with Gasteiger partial charge in [0.05, 0.1) is 11.8 Å². The van der Waals surface area contributed by atoms with Gasteiger partial charge in [0.25, 0.3) is 0 Å². The molecule has 0 spiro atoms. The molecule has 0 N–H and O–H groups in total. The van der Waals surface area contributed by atoms with Crippen molar-refractivity contribution in [2.24, 2.45) is 0 Å². The molecule has 2 aromatic rings. The summed E-state index contributed by atoms with van der Waals surface area (Å²) in [5.41, 5.74) is 3.54. The minimum atomic E-state index is -0.242. The van der Waals surface area contributed by atoms with E-state index in [0.29, 0.717) is 18.8 Å². The van der Waals surface area contributed by atoms with E-state index in [1.165, 1.54) is 11.1 Å². The Bertz CT molecular complexity index is 823. The molecular formula is C22H25N3OS. The van der Waals surface area contributed by atoms with E-state index in [1.54, 1.807) is 11.8 Å². The average Bonchev–Trinajstić information content (AvgIpc) is 2.70. The predicted octanol–water partition coefficient (Wildman–Crippen LogP) is 3.80. The molecule has 27 heavy (non-hydrogen) atoms. The van der Waals surface area contributed by atoms with Gasteiger partial charge in [-0.05, 0) is 42.7 Å². The molecule has 4 nitrogen and oxygen atoms in total. The first-order chi connectivity index (χ1) is 13.1. The molecular weight excluding hydrogens is 354 g/mol. The molecule has 0 unspecified atom stereocenters. The lowest BCUT2D eigenvalue weighted by molar-refractivity contribution is -0.130. The quantitative estimate of drug-likeness (QED) is 0.742. The van der Waals surface area contributed by atoms with Crippen molar-refractivity contribution in [2.75, 3.05) is 31.9 Å². The third-order valence-corrected chi connectivity index (χ3v) is 6.09. The Balaban J connectivity index is 1.51. The van der Waals surface area contributed by atoms with E-state index >= 15 is 0 Å². The zero-order valence-corrected chi connectivity index (χ0v) is 16.7. The van der Waals surface area contributed by atoms with E-state index in [9.17, 15) is 10.1 Å². The Morgan fingerprint density at radius 1 is 1.07 bits per heavy atom. The van der Waals surface area contributed by atoms with Gasteiger partial charge in [0.2, 0.25) is 5.91 Å².